The maximum atomic E-state index is 5.74. The molecule has 9 nitrogen and oxygen atoms in total. The summed E-state index contributed by atoms with van der Waals surface area (Å²) in [5.74, 6) is 4.81. The molecule has 0 aliphatic carbocycles. The van der Waals surface area contributed by atoms with Gasteiger partial charge in [0.25, 0.3) is 0 Å². The molecule has 3 aliphatic heterocycles. The van der Waals surface area contributed by atoms with Crippen LogP contribution in [-0.4, -0.2) is 79.4 Å². The molecule has 49 heavy (non-hydrogen) atoms. The van der Waals surface area contributed by atoms with E-state index in [2.05, 4.69) is 36.4 Å². The fourth-order valence-corrected chi connectivity index (χ4v) is 7.56. The fourth-order valence-electron chi connectivity index (χ4n) is 7.56. The van der Waals surface area contributed by atoms with Gasteiger partial charge in [-0.15, -0.1) is 0 Å². The zero-order chi connectivity index (χ0) is 34.3. The third-order valence-corrected chi connectivity index (χ3v) is 10.1. The molecular weight excluding hydrogens is 618 g/mol. The van der Waals surface area contributed by atoms with Crippen molar-refractivity contribution in [2.24, 2.45) is 20.9 Å². The Morgan fingerprint density at radius 1 is 0.469 bits per heavy atom. The van der Waals surface area contributed by atoms with Gasteiger partial charge in [-0.05, 0) is 111 Å². The SMILES string of the molecule is COc1cc2c(cc1OC)C(CCCC(CCCC1=NCCc3cc(OC)c(OC)cc31)C1=NCCc3cc(OC)c(OC)cc31)=NCC2. The average molecular weight is 668 g/mol. The summed E-state index contributed by atoms with van der Waals surface area (Å²) in [6.07, 6.45) is 8.51. The molecule has 0 atom stereocenters. The van der Waals surface area contributed by atoms with E-state index in [1.165, 1.54) is 39.1 Å². The summed E-state index contributed by atoms with van der Waals surface area (Å²) in [5.41, 5.74) is 10.8. The van der Waals surface area contributed by atoms with E-state index in [-0.39, 0.29) is 5.92 Å². The number of rotatable bonds is 15. The standard InChI is InChI=1S/C40H49N3O6/c1-44-34-19-26-13-16-41-32(29(26)22-37(34)47-4)11-7-9-25(40-31-24-39(49-6)36(46-3)21-28(31)15-18-43-40)10-8-12-33-30-23-38(48-5)35(45-2)20-27(30)14-17-42-33/h19-25H,7-18H2,1-6H3. The predicted octanol–water partition coefficient (Wildman–Crippen LogP) is 7.13. The average Bonchev–Trinajstić information content (AvgIpc) is 3.15. The van der Waals surface area contributed by atoms with E-state index < -0.39 is 0 Å². The molecule has 3 aromatic rings. The second kappa shape index (κ2) is 15.8. The zero-order valence-corrected chi connectivity index (χ0v) is 29.8. The van der Waals surface area contributed by atoms with Crippen molar-refractivity contribution in [3.63, 3.8) is 0 Å². The van der Waals surface area contributed by atoms with Crippen molar-refractivity contribution in [1.82, 2.24) is 0 Å². The number of hydrogen-bond donors (Lipinski definition) is 0. The van der Waals surface area contributed by atoms with Crippen LogP contribution in [0.3, 0.4) is 0 Å². The normalized spacial score (nSPS) is 14.9. The molecule has 260 valence electrons. The second-order valence-electron chi connectivity index (χ2n) is 12.7. The minimum atomic E-state index is 0.278. The fraction of sp³-hybridized carbons (Fsp3) is 0.475. The summed E-state index contributed by atoms with van der Waals surface area (Å²) >= 11 is 0. The first-order valence-electron chi connectivity index (χ1n) is 17.4. The maximum absolute atomic E-state index is 5.74. The first kappa shape index (κ1) is 34.3. The Bertz CT molecular complexity index is 1670. The third-order valence-electron chi connectivity index (χ3n) is 10.1. The van der Waals surface area contributed by atoms with Crippen LogP contribution in [0.4, 0.5) is 0 Å². The Kier molecular flexibility index (Phi) is 11.1. The van der Waals surface area contributed by atoms with E-state index in [0.29, 0.717) is 0 Å². The molecule has 9 heteroatoms. The summed E-state index contributed by atoms with van der Waals surface area (Å²) < 4.78 is 33.9. The van der Waals surface area contributed by atoms with E-state index in [1.807, 2.05) is 0 Å². The first-order chi connectivity index (χ1) is 24.0. The zero-order valence-electron chi connectivity index (χ0n) is 29.8. The minimum absolute atomic E-state index is 0.278. The van der Waals surface area contributed by atoms with Crippen molar-refractivity contribution in [3.8, 4) is 34.5 Å². The lowest BCUT2D eigenvalue weighted by Gasteiger charge is -2.27. The highest BCUT2D eigenvalue weighted by Gasteiger charge is 2.27. The van der Waals surface area contributed by atoms with Crippen LogP contribution < -0.4 is 28.4 Å². The lowest BCUT2D eigenvalue weighted by atomic mass is 9.82. The van der Waals surface area contributed by atoms with Crippen LogP contribution >= 0.6 is 0 Å². The van der Waals surface area contributed by atoms with Crippen molar-refractivity contribution in [2.45, 2.75) is 57.8 Å². The molecule has 3 aromatic carbocycles. The van der Waals surface area contributed by atoms with Gasteiger partial charge in [0, 0.05) is 59.4 Å². The number of nitrogens with zero attached hydrogens (tertiary/aromatic N) is 3. The van der Waals surface area contributed by atoms with E-state index in [0.717, 1.165) is 123 Å². The van der Waals surface area contributed by atoms with Crippen LogP contribution in [0.5, 0.6) is 34.5 Å². The number of ether oxygens (including phenoxy) is 6. The number of benzene rings is 3. The van der Waals surface area contributed by atoms with Gasteiger partial charge < -0.3 is 28.4 Å². The molecule has 0 saturated carbocycles. The molecule has 0 amide bonds. The number of hydrogen-bond acceptors (Lipinski definition) is 9. The molecule has 0 aromatic heterocycles. The first-order valence-corrected chi connectivity index (χ1v) is 17.4. The molecular formula is C40H49N3O6. The molecule has 3 heterocycles. The minimum Gasteiger partial charge on any atom is -0.493 e. The smallest absolute Gasteiger partial charge is 0.161 e. The molecule has 6 rings (SSSR count). The van der Waals surface area contributed by atoms with Crippen LogP contribution in [0.15, 0.2) is 51.4 Å². The van der Waals surface area contributed by atoms with Crippen LogP contribution in [0, 0.1) is 5.92 Å². The highest BCUT2D eigenvalue weighted by atomic mass is 16.5. The number of aliphatic imine (C=N–C) groups is 3. The van der Waals surface area contributed by atoms with Gasteiger partial charge in [0.2, 0.25) is 0 Å². The van der Waals surface area contributed by atoms with Gasteiger partial charge in [-0.2, -0.15) is 0 Å². The monoisotopic (exact) mass is 667 g/mol. The van der Waals surface area contributed by atoms with Crippen molar-refractivity contribution < 1.29 is 28.4 Å². The summed E-state index contributed by atoms with van der Waals surface area (Å²) in [4.78, 5) is 15.2. The van der Waals surface area contributed by atoms with E-state index in [1.54, 1.807) is 42.7 Å². The molecule has 0 bridgehead atoms. The van der Waals surface area contributed by atoms with Gasteiger partial charge in [0.15, 0.2) is 34.5 Å². The van der Waals surface area contributed by atoms with E-state index in [4.69, 9.17) is 43.4 Å². The number of methoxy groups -OCH3 is 6. The Morgan fingerprint density at radius 2 is 0.816 bits per heavy atom. The van der Waals surface area contributed by atoms with Crippen LogP contribution in [0.2, 0.25) is 0 Å². The Morgan fingerprint density at radius 3 is 1.22 bits per heavy atom. The van der Waals surface area contributed by atoms with Gasteiger partial charge >= 0.3 is 0 Å². The van der Waals surface area contributed by atoms with Crippen molar-refractivity contribution in [1.29, 1.82) is 0 Å². The third kappa shape index (κ3) is 7.26. The Labute approximate surface area is 290 Å². The maximum Gasteiger partial charge on any atom is 0.161 e. The van der Waals surface area contributed by atoms with E-state index in [9.17, 15) is 0 Å². The summed E-state index contributed by atoms with van der Waals surface area (Å²) in [7, 11) is 10.1. The summed E-state index contributed by atoms with van der Waals surface area (Å²) in [6.45, 7) is 2.37. The molecule has 0 fully saturated rings. The van der Waals surface area contributed by atoms with Gasteiger partial charge in [-0.3, -0.25) is 15.0 Å². The van der Waals surface area contributed by atoms with Crippen LogP contribution in [0.25, 0.3) is 0 Å². The summed E-state index contributed by atoms with van der Waals surface area (Å²) in [5, 5.41) is 0. The lowest BCUT2D eigenvalue weighted by Crippen LogP contribution is -2.23. The second-order valence-corrected chi connectivity index (χ2v) is 12.7. The van der Waals surface area contributed by atoms with Crippen LogP contribution in [0.1, 0.15) is 71.9 Å². The molecule has 3 aliphatic rings. The molecule has 0 radical (unpaired) electrons. The molecule has 0 unspecified atom stereocenters. The van der Waals surface area contributed by atoms with E-state index >= 15 is 0 Å². The van der Waals surface area contributed by atoms with Gasteiger partial charge in [0.1, 0.15) is 0 Å². The van der Waals surface area contributed by atoms with Gasteiger partial charge in [-0.25, -0.2) is 0 Å². The van der Waals surface area contributed by atoms with Gasteiger partial charge in [0.05, 0.1) is 42.7 Å². The van der Waals surface area contributed by atoms with Crippen LogP contribution in [-0.2, 0) is 19.3 Å². The van der Waals surface area contributed by atoms with Crippen molar-refractivity contribution >= 4 is 17.1 Å². The van der Waals surface area contributed by atoms with Crippen molar-refractivity contribution in [3.05, 3.63) is 69.8 Å². The molecule has 0 N–H and O–H groups in total. The van der Waals surface area contributed by atoms with Crippen molar-refractivity contribution in [2.75, 3.05) is 62.3 Å². The highest BCUT2D eigenvalue weighted by Crippen LogP contribution is 2.38. The molecule has 0 saturated heterocycles. The van der Waals surface area contributed by atoms with Gasteiger partial charge in [-0.1, -0.05) is 0 Å². The Hall–Kier alpha value is -4.53. The number of fused-ring (bicyclic) bond motifs is 3. The molecule has 0 spiro atoms. The lowest BCUT2D eigenvalue weighted by molar-refractivity contribution is 0.354. The quantitative estimate of drug-likeness (QED) is 0.171. The summed E-state index contributed by atoms with van der Waals surface area (Å²) in [6, 6.07) is 12.7. The topological polar surface area (TPSA) is 92.5 Å². The Balaban J connectivity index is 1.23. The predicted molar refractivity (Wildman–Crippen MR) is 195 cm³/mol. The largest absolute Gasteiger partial charge is 0.493 e. The highest BCUT2D eigenvalue weighted by molar-refractivity contribution is 6.06.